The van der Waals surface area contributed by atoms with E-state index in [-0.39, 0.29) is 12.3 Å². The lowest BCUT2D eigenvalue weighted by atomic mass is 10.2. The van der Waals surface area contributed by atoms with E-state index in [9.17, 15) is 4.79 Å². The van der Waals surface area contributed by atoms with Crippen LogP contribution in [0.15, 0.2) is 28.0 Å². The Labute approximate surface area is 119 Å². The van der Waals surface area contributed by atoms with E-state index in [0.717, 1.165) is 21.8 Å². The summed E-state index contributed by atoms with van der Waals surface area (Å²) in [5.41, 5.74) is 2.96. The summed E-state index contributed by atoms with van der Waals surface area (Å²) in [4.78, 5) is 20.5. The summed E-state index contributed by atoms with van der Waals surface area (Å²) in [5, 5.41) is 5.71. The van der Waals surface area contributed by atoms with Crippen molar-refractivity contribution in [3.05, 3.63) is 40.2 Å². The standard InChI is InChI=1S/C14H13N3O2S/c1-8-15-12-5-10(3-4-13(12)19-8)17-14(18)6-11-7-20-9(2)16-11/h3-5,7H,6H2,1-2H3,(H,17,18). The van der Waals surface area contributed by atoms with E-state index in [2.05, 4.69) is 15.3 Å². The van der Waals surface area contributed by atoms with Gasteiger partial charge < -0.3 is 9.73 Å². The Morgan fingerprint density at radius 3 is 2.95 bits per heavy atom. The first-order valence-corrected chi connectivity index (χ1v) is 7.06. The molecule has 0 fully saturated rings. The summed E-state index contributed by atoms with van der Waals surface area (Å²) in [6.45, 7) is 3.72. The van der Waals surface area contributed by atoms with Gasteiger partial charge in [0.2, 0.25) is 5.91 Å². The lowest BCUT2D eigenvalue weighted by molar-refractivity contribution is -0.115. The Kier molecular flexibility index (Phi) is 3.23. The highest BCUT2D eigenvalue weighted by atomic mass is 32.1. The minimum absolute atomic E-state index is 0.0881. The highest BCUT2D eigenvalue weighted by Crippen LogP contribution is 2.20. The zero-order valence-corrected chi connectivity index (χ0v) is 12.0. The molecule has 0 atom stereocenters. The highest BCUT2D eigenvalue weighted by Gasteiger charge is 2.08. The van der Waals surface area contributed by atoms with Crippen LogP contribution < -0.4 is 5.32 Å². The van der Waals surface area contributed by atoms with Crippen molar-refractivity contribution in [2.24, 2.45) is 0 Å². The second-order valence-electron chi connectivity index (χ2n) is 4.50. The van der Waals surface area contributed by atoms with Gasteiger partial charge in [-0.3, -0.25) is 4.79 Å². The second-order valence-corrected chi connectivity index (χ2v) is 5.56. The van der Waals surface area contributed by atoms with E-state index < -0.39 is 0 Å². The molecule has 0 radical (unpaired) electrons. The first-order valence-electron chi connectivity index (χ1n) is 6.18. The maximum Gasteiger partial charge on any atom is 0.230 e. The van der Waals surface area contributed by atoms with Gasteiger partial charge in [-0.05, 0) is 25.1 Å². The molecule has 1 aromatic carbocycles. The maximum atomic E-state index is 11.9. The molecule has 3 aromatic rings. The molecule has 5 nitrogen and oxygen atoms in total. The summed E-state index contributed by atoms with van der Waals surface area (Å²) >= 11 is 1.54. The Morgan fingerprint density at radius 2 is 2.20 bits per heavy atom. The topological polar surface area (TPSA) is 68.0 Å². The van der Waals surface area contributed by atoms with Crippen LogP contribution in [0, 0.1) is 13.8 Å². The Balaban J connectivity index is 1.73. The highest BCUT2D eigenvalue weighted by molar-refractivity contribution is 7.09. The van der Waals surface area contributed by atoms with Gasteiger partial charge in [0.05, 0.1) is 17.1 Å². The van der Waals surface area contributed by atoms with Crippen LogP contribution in [0.1, 0.15) is 16.6 Å². The number of oxazole rings is 1. The average Bonchev–Trinajstić information content (AvgIpc) is 2.93. The van der Waals surface area contributed by atoms with Gasteiger partial charge in [0.15, 0.2) is 11.5 Å². The molecule has 0 saturated carbocycles. The number of carbonyl (C=O) groups is 1. The van der Waals surface area contributed by atoms with Crippen LogP contribution in [-0.4, -0.2) is 15.9 Å². The lowest BCUT2D eigenvalue weighted by Crippen LogP contribution is -2.14. The van der Waals surface area contributed by atoms with E-state index in [4.69, 9.17) is 4.42 Å². The number of hydrogen-bond acceptors (Lipinski definition) is 5. The Morgan fingerprint density at radius 1 is 1.35 bits per heavy atom. The summed E-state index contributed by atoms with van der Waals surface area (Å²) in [6, 6.07) is 5.41. The van der Waals surface area contributed by atoms with Crippen molar-refractivity contribution < 1.29 is 9.21 Å². The quantitative estimate of drug-likeness (QED) is 0.803. The summed E-state index contributed by atoms with van der Waals surface area (Å²) in [7, 11) is 0. The van der Waals surface area contributed by atoms with Gasteiger partial charge >= 0.3 is 0 Å². The fourth-order valence-electron chi connectivity index (χ4n) is 1.98. The van der Waals surface area contributed by atoms with Crippen molar-refractivity contribution in [1.29, 1.82) is 0 Å². The minimum atomic E-state index is -0.0881. The first-order chi connectivity index (χ1) is 9.60. The second kappa shape index (κ2) is 5.05. The van der Waals surface area contributed by atoms with Crippen molar-refractivity contribution >= 4 is 34.0 Å². The van der Waals surface area contributed by atoms with E-state index in [1.54, 1.807) is 36.5 Å². The van der Waals surface area contributed by atoms with Crippen molar-refractivity contribution in [2.75, 3.05) is 5.32 Å². The number of carbonyl (C=O) groups excluding carboxylic acids is 1. The number of aromatic nitrogens is 2. The monoisotopic (exact) mass is 287 g/mol. The number of hydrogen-bond donors (Lipinski definition) is 1. The molecular formula is C14H13N3O2S. The number of anilines is 1. The lowest BCUT2D eigenvalue weighted by Gasteiger charge is -2.03. The van der Waals surface area contributed by atoms with Gasteiger partial charge in [0.25, 0.3) is 0 Å². The summed E-state index contributed by atoms with van der Waals surface area (Å²) in [6.07, 6.45) is 0.278. The van der Waals surface area contributed by atoms with Gasteiger partial charge in [-0.15, -0.1) is 11.3 Å². The molecule has 0 bridgehead atoms. The van der Waals surface area contributed by atoms with Gasteiger partial charge in [0.1, 0.15) is 5.52 Å². The smallest absolute Gasteiger partial charge is 0.230 e. The number of thiazole rings is 1. The van der Waals surface area contributed by atoms with E-state index in [1.165, 1.54) is 0 Å². The number of aryl methyl sites for hydroxylation is 2. The zero-order valence-electron chi connectivity index (χ0n) is 11.1. The minimum Gasteiger partial charge on any atom is -0.441 e. The van der Waals surface area contributed by atoms with Crippen LogP contribution >= 0.6 is 11.3 Å². The number of amides is 1. The van der Waals surface area contributed by atoms with Crippen LogP contribution in [0.3, 0.4) is 0 Å². The average molecular weight is 287 g/mol. The third kappa shape index (κ3) is 2.70. The predicted molar refractivity (Wildman–Crippen MR) is 77.9 cm³/mol. The first kappa shape index (κ1) is 12.8. The molecular weight excluding hydrogens is 274 g/mol. The normalized spacial score (nSPS) is 10.9. The third-order valence-corrected chi connectivity index (χ3v) is 3.61. The number of nitrogens with zero attached hydrogens (tertiary/aromatic N) is 2. The molecule has 6 heteroatoms. The predicted octanol–water partition coefficient (Wildman–Crippen LogP) is 3.08. The molecule has 20 heavy (non-hydrogen) atoms. The molecule has 0 spiro atoms. The van der Waals surface area contributed by atoms with E-state index >= 15 is 0 Å². The molecule has 0 aliphatic heterocycles. The number of nitrogens with one attached hydrogen (secondary N) is 1. The molecule has 0 saturated heterocycles. The van der Waals surface area contributed by atoms with Crippen LogP contribution in [0.25, 0.3) is 11.1 Å². The van der Waals surface area contributed by atoms with Gasteiger partial charge in [-0.25, -0.2) is 9.97 Å². The molecule has 1 amide bonds. The molecule has 1 N–H and O–H groups in total. The SMILES string of the molecule is Cc1nc2cc(NC(=O)Cc3csc(C)n3)ccc2o1. The largest absolute Gasteiger partial charge is 0.441 e. The van der Waals surface area contributed by atoms with E-state index in [0.29, 0.717) is 11.6 Å². The third-order valence-electron chi connectivity index (χ3n) is 2.79. The van der Waals surface area contributed by atoms with Crippen molar-refractivity contribution in [3.63, 3.8) is 0 Å². The molecule has 0 aliphatic rings. The number of fused-ring (bicyclic) bond motifs is 1. The fraction of sp³-hybridized carbons (Fsp3) is 0.214. The van der Waals surface area contributed by atoms with Crippen LogP contribution in [0.4, 0.5) is 5.69 Å². The molecule has 102 valence electrons. The molecule has 0 aliphatic carbocycles. The van der Waals surface area contributed by atoms with Crippen molar-refractivity contribution in [3.8, 4) is 0 Å². The summed E-state index contributed by atoms with van der Waals surface area (Å²) in [5.74, 6) is 0.524. The van der Waals surface area contributed by atoms with Crippen molar-refractivity contribution in [1.82, 2.24) is 9.97 Å². The van der Waals surface area contributed by atoms with Crippen molar-refractivity contribution in [2.45, 2.75) is 20.3 Å². The van der Waals surface area contributed by atoms with Gasteiger partial charge in [-0.2, -0.15) is 0 Å². The maximum absolute atomic E-state index is 11.9. The molecule has 2 aromatic heterocycles. The number of rotatable bonds is 3. The molecule has 0 unspecified atom stereocenters. The van der Waals surface area contributed by atoms with Gasteiger partial charge in [0, 0.05) is 18.0 Å². The zero-order chi connectivity index (χ0) is 14.1. The number of benzene rings is 1. The van der Waals surface area contributed by atoms with Crippen LogP contribution in [0.2, 0.25) is 0 Å². The van der Waals surface area contributed by atoms with Gasteiger partial charge in [-0.1, -0.05) is 0 Å². The fourth-order valence-corrected chi connectivity index (χ4v) is 2.59. The Bertz CT molecular complexity index is 776. The molecule has 2 heterocycles. The summed E-state index contributed by atoms with van der Waals surface area (Å²) < 4.78 is 5.39. The Hall–Kier alpha value is -2.21. The van der Waals surface area contributed by atoms with Crippen LogP contribution in [0.5, 0.6) is 0 Å². The van der Waals surface area contributed by atoms with E-state index in [1.807, 2.05) is 12.3 Å². The van der Waals surface area contributed by atoms with Crippen LogP contribution in [-0.2, 0) is 11.2 Å². The molecule has 3 rings (SSSR count).